The fraction of sp³-hybridized carbons (Fsp3) is 0.632. The first-order chi connectivity index (χ1) is 12.1. The van der Waals surface area contributed by atoms with Crippen molar-refractivity contribution in [2.75, 3.05) is 39.5 Å². The minimum Gasteiger partial charge on any atom is -0.508 e. The van der Waals surface area contributed by atoms with Crippen molar-refractivity contribution in [3.63, 3.8) is 0 Å². The smallest absolute Gasteiger partial charge is 0.251 e. The van der Waals surface area contributed by atoms with E-state index in [1.54, 1.807) is 25.1 Å². The zero-order chi connectivity index (χ0) is 17.6. The molecule has 2 N–H and O–H groups in total. The Hall–Kier alpha value is -1.63. The second kappa shape index (κ2) is 8.65. The standard InChI is InChI=1S/C19H28N2O4/c1-14-12-15(2-3-18(14)22)19(23)20-7-4-17-13-21(8-11-25-17)16-5-9-24-10-6-16/h2-3,12,16-17,22H,4-11,13H2,1H3,(H,20,23)/t17-/m0/s1. The maximum Gasteiger partial charge on any atom is 0.251 e. The highest BCUT2D eigenvalue weighted by molar-refractivity contribution is 5.94. The number of aromatic hydroxyl groups is 1. The van der Waals surface area contributed by atoms with Crippen molar-refractivity contribution in [2.24, 2.45) is 0 Å². The number of nitrogens with one attached hydrogen (secondary N) is 1. The topological polar surface area (TPSA) is 71.0 Å². The number of phenols is 1. The minimum absolute atomic E-state index is 0.111. The lowest BCUT2D eigenvalue weighted by Crippen LogP contribution is -2.50. The zero-order valence-electron chi connectivity index (χ0n) is 14.9. The molecule has 2 aliphatic heterocycles. The fourth-order valence-corrected chi connectivity index (χ4v) is 3.54. The summed E-state index contributed by atoms with van der Waals surface area (Å²) in [6.45, 7) is 6.76. The van der Waals surface area contributed by atoms with E-state index in [-0.39, 0.29) is 17.8 Å². The number of hydrogen-bond acceptors (Lipinski definition) is 5. The summed E-state index contributed by atoms with van der Waals surface area (Å²) in [7, 11) is 0. The Balaban J connectivity index is 1.43. The first-order valence-electron chi connectivity index (χ1n) is 9.14. The highest BCUT2D eigenvalue weighted by Gasteiger charge is 2.27. The summed E-state index contributed by atoms with van der Waals surface area (Å²) in [5.41, 5.74) is 1.28. The number of hydrogen-bond donors (Lipinski definition) is 2. The van der Waals surface area contributed by atoms with Crippen LogP contribution in [0.4, 0.5) is 0 Å². The number of nitrogens with zero attached hydrogens (tertiary/aromatic N) is 1. The molecule has 0 aromatic heterocycles. The summed E-state index contributed by atoms with van der Waals surface area (Å²) in [6.07, 6.45) is 3.17. The van der Waals surface area contributed by atoms with Gasteiger partial charge in [0.05, 0.1) is 12.7 Å². The SMILES string of the molecule is Cc1cc(C(=O)NCC[C@H]2CN(C3CCOCC3)CCO2)ccc1O. The number of rotatable bonds is 5. The molecule has 0 saturated carbocycles. The van der Waals surface area contributed by atoms with Crippen LogP contribution < -0.4 is 5.32 Å². The van der Waals surface area contributed by atoms with Gasteiger partial charge in [0, 0.05) is 44.5 Å². The third-order valence-corrected chi connectivity index (χ3v) is 5.09. The molecule has 2 aliphatic rings. The van der Waals surface area contributed by atoms with Crippen molar-refractivity contribution in [3.05, 3.63) is 29.3 Å². The molecule has 2 heterocycles. The molecule has 0 bridgehead atoms. The minimum atomic E-state index is -0.111. The Labute approximate surface area is 149 Å². The highest BCUT2D eigenvalue weighted by atomic mass is 16.5. The summed E-state index contributed by atoms with van der Waals surface area (Å²) < 4.78 is 11.3. The number of carbonyl (C=O) groups excluding carboxylic acids is 1. The Morgan fingerprint density at radius 2 is 2.12 bits per heavy atom. The van der Waals surface area contributed by atoms with Gasteiger partial charge in [-0.2, -0.15) is 0 Å². The van der Waals surface area contributed by atoms with E-state index < -0.39 is 0 Å². The number of phenolic OH excluding ortho intramolecular Hbond substituents is 1. The maximum absolute atomic E-state index is 12.2. The van der Waals surface area contributed by atoms with Crippen molar-refractivity contribution in [3.8, 4) is 5.75 Å². The number of ether oxygens (including phenoxy) is 2. The maximum atomic E-state index is 12.2. The van der Waals surface area contributed by atoms with E-state index in [9.17, 15) is 9.90 Å². The van der Waals surface area contributed by atoms with Crippen LogP contribution in [0.25, 0.3) is 0 Å². The first kappa shape index (κ1) is 18.2. The highest BCUT2D eigenvalue weighted by Crippen LogP contribution is 2.19. The second-order valence-corrected chi connectivity index (χ2v) is 6.88. The lowest BCUT2D eigenvalue weighted by Gasteiger charge is -2.39. The average Bonchev–Trinajstić information content (AvgIpc) is 2.65. The van der Waals surface area contributed by atoms with E-state index in [0.29, 0.717) is 23.7 Å². The molecule has 3 rings (SSSR count). The normalized spacial score (nSPS) is 22.7. The van der Waals surface area contributed by atoms with Gasteiger partial charge in [0.1, 0.15) is 5.75 Å². The van der Waals surface area contributed by atoms with E-state index in [2.05, 4.69) is 10.2 Å². The average molecular weight is 348 g/mol. The molecule has 1 amide bonds. The van der Waals surface area contributed by atoms with Gasteiger partial charge in [0.15, 0.2) is 0 Å². The van der Waals surface area contributed by atoms with Crippen molar-refractivity contribution >= 4 is 5.91 Å². The lowest BCUT2D eigenvalue weighted by molar-refractivity contribution is -0.0636. The molecule has 6 nitrogen and oxygen atoms in total. The summed E-state index contributed by atoms with van der Waals surface area (Å²) in [5.74, 6) is 0.0977. The lowest BCUT2D eigenvalue weighted by atomic mass is 10.0. The molecule has 0 aliphatic carbocycles. The van der Waals surface area contributed by atoms with Gasteiger partial charge in [-0.25, -0.2) is 0 Å². The Bertz CT molecular complexity index is 587. The summed E-state index contributed by atoms with van der Waals surface area (Å²) in [4.78, 5) is 14.7. The largest absolute Gasteiger partial charge is 0.508 e. The van der Waals surface area contributed by atoms with Gasteiger partial charge >= 0.3 is 0 Å². The first-order valence-corrected chi connectivity index (χ1v) is 9.14. The van der Waals surface area contributed by atoms with Crippen molar-refractivity contribution in [1.82, 2.24) is 10.2 Å². The third-order valence-electron chi connectivity index (χ3n) is 5.09. The quantitative estimate of drug-likeness (QED) is 0.847. The van der Waals surface area contributed by atoms with Crippen LogP contribution in [-0.4, -0.2) is 67.5 Å². The van der Waals surface area contributed by atoms with Crippen molar-refractivity contribution < 1.29 is 19.4 Å². The fourth-order valence-electron chi connectivity index (χ4n) is 3.54. The molecule has 0 spiro atoms. The van der Waals surface area contributed by atoms with Crippen LogP contribution in [0.15, 0.2) is 18.2 Å². The molecule has 0 unspecified atom stereocenters. The molecule has 1 aromatic carbocycles. The van der Waals surface area contributed by atoms with Crippen LogP contribution in [0.1, 0.15) is 35.2 Å². The van der Waals surface area contributed by atoms with Crippen LogP contribution in [0.2, 0.25) is 0 Å². The molecular formula is C19H28N2O4. The van der Waals surface area contributed by atoms with Crippen LogP contribution in [0, 0.1) is 6.92 Å². The van der Waals surface area contributed by atoms with E-state index in [1.807, 2.05) is 0 Å². The van der Waals surface area contributed by atoms with Crippen LogP contribution in [0.3, 0.4) is 0 Å². The van der Waals surface area contributed by atoms with E-state index in [0.717, 1.165) is 52.2 Å². The van der Waals surface area contributed by atoms with Gasteiger partial charge in [0.25, 0.3) is 5.91 Å². The molecule has 2 saturated heterocycles. The molecule has 1 aromatic rings. The van der Waals surface area contributed by atoms with Crippen LogP contribution >= 0.6 is 0 Å². The van der Waals surface area contributed by atoms with Gasteiger partial charge in [-0.15, -0.1) is 0 Å². The number of benzene rings is 1. The summed E-state index contributed by atoms with van der Waals surface area (Å²) >= 11 is 0. The molecule has 2 fully saturated rings. The van der Waals surface area contributed by atoms with Gasteiger partial charge in [-0.3, -0.25) is 9.69 Å². The Morgan fingerprint density at radius 3 is 2.88 bits per heavy atom. The predicted molar refractivity (Wildman–Crippen MR) is 94.9 cm³/mol. The molecular weight excluding hydrogens is 320 g/mol. The van der Waals surface area contributed by atoms with Gasteiger partial charge < -0.3 is 19.9 Å². The van der Waals surface area contributed by atoms with Crippen molar-refractivity contribution in [1.29, 1.82) is 0 Å². The number of morpholine rings is 1. The van der Waals surface area contributed by atoms with Crippen molar-refractivity contribution in [2.45, 2.75) is 38.3 Å². The van der Waals surface area contributed by atoms with E-state index in [1.165, 1.54) is 0 Å². The van der Waals surface area contributed by atoms with E-state index >= 15 is 0 Å². The molecule has 1 atom stereocenters. The third kappa shape index (κ3) is 4.93. The second-order valence-electron chi connectivity index (χ2n) is 6.88. The molecule has 6 heteroatoms. The Kier molecular flexibility index (Phi) is 6.29. The number of aryl methyl sites for hydroxylation is 1. The molecule has 138 valence electrons. The predicted octanol–water partition coefficient (Wildman–Crippen LogP) is 1.70. The monoisotopic (exact) mass is 348 g/mol. The van der Waals surface area contributed by atoms with Crippen LogP contribution in [-0.2, 0) is 9.47 Å². The molecule has 0 radical (unpaired) electrons. The van der Waals surface area contributed by atoms with Gasteiger partial charge in [-0.1, -0.05) is 0 Å². The van der Waals surface area contributed by atoms with Gasteiger partial charge in [0.2, 0.25) is 0 Å². The summed E-state index contributed by atoms with van der Waals surface area (Å²) in [6, 6.07) is 5.51. The zero-order valence-corrected chi connectivity index (χ0v) is 14.9. The Morgan fingerprint density at radius 1 is 1.32 bits per heavy atom. The number of carbonyl (C=O) groups is 1. The van der Waals surface area contributed by atoms with Crippen LogP contribution in [0.5, 0.6) is 5.75 Å². The molecule has 25 heavy (non-hydrogen) atoms. The summed E-state index contributed by atoms with van der Waals surface area (Å²) in [5, 5.41) is 12.5. The van der Waals surface area contributed by atoms with E-state index in [4.69, 9.17) is 9.47 Å². The number of amides is 1. The van der Waals surface area contributed by atoms with Gasteiger partial charge in [-0.05, 0) is 49.9 Å².